The normalized spacial score (nSPS) is 10.9. The molecular formula is C31H46O4. The van der Waals surface area contributed by atoms with Crippen molar-refractivity contribution in [3.05, 3.63) is 52.6 Å². The first-order valence-electron chi connectivity index (χ1n) is 13.8. The number of unbranched alkanes of at least 4 members (excludes halogenated alkanes) is 6. The maximum Gasteiger partial charge on any atom is 0.347 e. The molecule has 0 saturated carbocycles. The van der Waals surface area contributed by atoms with Gasteiger partial charge in [0.15, 0.2) is 11.5 Å². The molecule has 0 aliphatic rings. The smallest absolute Gasteiger partial charge is 0.347 e. The van der Waals surface area contributed by atoms with E-state index in [1.54, 1.807) is 6.07 Å². The molecule has 0 aromatic heterocycles. The lowest BCUT2D eigenvalue weighted by Gasteiger charge is -2.19. The minimum atomic E-state index is -0.397. The van der Waals surface area contributed by atoms with Crippen LogP contribution in [0.5, 0.6) is 17.2 Å². The second-order valence-electron chi connectivity index (χ2n) is 9.09. The van der Waals surface area contributed by atoms with Crippen LogP contribution < -0.4 is 14.2 Å². The van der Waals surface area contributed by atoms with Crippen LogP contribution in [0.25, 0.3) is 0 Å². The van der Waals surface area contributed by atoms with Gasteiger partial charge in [0.25, 0.3) is 0 Å². The second-order valence-corrected chi connectivity index (χ2v) is 9.09. The Morgan fingerprint density at radius 1 is 0.657 bits per heavy atom. The summed E-state index contributed by atoms with van der Waals surface area (Å²) in [6.45, 7) is 12.0. The van der Waals surface area contributed by atoms with E-state index in [2.05, 4.69) is 40.7 Å². The fourth-order valence-electron chi connectivity index (χ4n) is 4.36. The Kier molecular flexibility index (Phi) is 13.3. The molecule has 2 rings (SSSR count). The Labute approximate surface area is 213 Å². The lowest BCUT2D eigenvalue weighted by Crippen LogP contribution is -2.14. The number of para-hydroxylation sites is 1. The van der Waals surface area contributed by atoms with E-state index in [1.807, 2.05) is 18.2 Å². The van der Waals surface area contributed by atoms with Crippen molar-refractivity contribution in [3.63, 3.8) is 0 Å². The molecule has 0 aliphatic heterocycles. The third kappa shape index (κ3) is 8.59. The molecule has 0 unspecified atom stereocenters. The van der Waals surface area contributed by atoms with Crippen LogP contribution in [0.1, 0.15) is 113 Å². The lowest BCUT2D eigenvalue weighted by atomic mass is 10.0. The second kappa shape index (κ2) is 16.2. The maximum absolute atomic E-state index is 13.4. The standard InChI is InChI=1S/C31H46O4/c1-6-11-13-15-22-33-29-25(9-4)18-17-19-27(29)31(32)35-28-21-20-24(8-3)26(10-5)30(28)34-23-16-14-12-7-2/h17-21H,6-16,22-23H2,1-5H3. The zero-order valence-corrected chi connectivity index (χ0v) is 22.7. The molecule has 0 saturated heterocycles. The first kappa shape index (κ1) is 28.7. The van der Waals surface area contributed by atoms with Crippen LogP contribution in [0.2, 0.25) is 0 Å². The molecule has 4 nitrogen and oxygen atoms in total. The highest BCUT2D eigenvalue weighted by molar-refractivity contribution is 5.94. The minimum absolute atomic E-state index is 0.397. The van der Waals surface area contributed by atoms with Gasteiger partial charge in [-0.05, 0) is 55.4 Å². The summed E-state index contributed by atoms with van der Waals surface area (Å²) in [5.41, 5.74) is 3.87. The van der Waals surface area contributed by atoms with E-state index in [1.165, 1.54) is 31.2 Å². The number of rotatable bonds is 17. The molecule has 0 radical (unpaired) electrons. The van der Waals surface area contributed by atoms with Crippen LogP contribution in [0, 0.1) is 0 Å². The first-order chi connectivity index (χ1) is 17.1. The van der Waals surface area contributed by atoms with E-state index < -0.39 is 5.97 Å². The minimum Gasteiger partial charge on any atom is -0.492 e. The van der Waals surface area contributed by atoms with Gasteiger partial charge >= 0.3 is 5.97 Å². The van der Waals surface area contributed by atoms with Gasteiger partial charge < -0.3 is 14.2 Å². The number of benzene rings is 2. The predicted octanol–water partition coefficient (Wildman–Crippen LogP) is 8.51. The number of carbonyl (C=O) groups is 1. The molecule has 0 spiro atoms. The summed E-state index contributed by atoms with van der Waals surface area (Å²) < 4.78 is 18.4. The molecule has 0 amide bonds. The summed E-state index contributed by atoms with van der Waals surface area (Å²) in [5.74, 6) is 1.46. The van der Waals surface area contributed by atoms with Gasteiger partial charge in [-0.2, -0.15) is 0 Å². The SMILES string of the molecule is CCCCCCOc1c(CC)cccc1C(=O)Oc1ccc(CC)c(CC)c1OCCCCCC. The van der Waals surface area contributed by atoms with E-state index in [-0.39, 0.29) is 0 Å². The fraction of sp³-hybridized carbons (Fsp3) is 0.581. The Morgan fingerprint density at radius 3 is 1.86 bits per heavy atom. The van der Waals surface area contributed by atoms with E-state index in [9.17, 15) is 4.79 Å². The van der Waals surface area contributed by atoms with E-state index >= 15 is 0 Å². The van der Waals surface area contributed by atoms with Crippen LogP contribution in [0.15, 0.2) is 30.3 Å². The van der Waals surface area contributed by atoms with E-state index in [0.717, 1.165) is 56.1 Å². The average Bonchev–Trinajstić information content (AvgIpc) is 2.88. The Morgan fingerprint density at radius 2 is 1.29 bits per heavy atom. The lowest BCUT2D eigenvalue weighted by molar-refractivity contribution is 0.0722. The Hall–Kier alpha value is -2.49. The number of carbonyl (C=O) groups excluding carboxylic acids is 1. The number of ether oxygens (including phenoxy) is 3. The molecule has 4 heteroatoms. The molecule has 0 aliphatic carbocycles. The topological polar surface area (TPSA) is 44.8 Å². The largest absolute Gasteiger partial charge is 0.492 e. The van der Waals surface area contributed by atoms with Crippen LogP contribution in [-0.2, 0) is 19.3 Å². The third-order valence-corrected chi connectivity index (χ3v) is 6.44. The van der Waals surface area contributed by atoms with E-state index in [4.69, 9.17) is 14.2 Å². The van der Waals surface area contributed by atoms with Crippen molar-refractivity contribution in [2.24, 2.45) is 0 Å². The zero-order chi connectivity index (χ0) is 25.5. The molecule has 0 N–H and O–H groups in total. The van der Waals surface area contributed by atoms with Gasteiger partial charge in [-0.25, -0.2) is 4.79 Å². The highest BCUT2D eigenvalue weighted by atomic mass is 16.6. The quantitative estimate of drug-likeness (QED) is 0.129. The number of aryl methyl sites for hydroxylation is 2. The van der Waals surface area contributed by atoms with Gasteiger partial charge in [0.1, 0.15) is 11.3 Å². The van der Waals surface area contributed by atoms with Crippen LogP contribution in [-0.4, -0.2) is 19.2 Å². The Balaban J connectivity index is 2.27. The van der Waals surface area contributed by atoms with Gasteiger partial charge in [-0.15, -0.1) is 0 Å². The van der Waals surface area contributed by atoms with Gasteiger partial charge in [-0.3, -0.25) is 0 Å². The molecule has 0 atom stereocenters. The maximum atomic E-state index is 13.4. The van der Waals surface area contributed by atoms with Crippen molar-refractivity contribution in [1.29, 1.82) is 0 Å². The number of hydrogen-bond donors (Lipinski definition) is 0. The summed E-state index contributed by atoms with van der Waals surface area (Å²) in [6.07, 6.45) is 11.6. The average molecular weight is 483 g/mol. The highest BCUT2D eigenvalue weighted by Crippen LogP contribution is 2.36. The summed E-state index contributed by atoms with van der Waals surface area (Å²) in [6, 6.07) is 9.66. The molecule has 194 valence electrons. The van der Waals surface area contributed by atoms with Crippen molar-refractivity contribution in [3.8, 4) is 17.2 Å². The van der Waals surface area contributed by atoms with Crippen molar-refractivity contribution in [1.82, 2.24) is 0 Å². The molecule has 0 fully saturated rings. The van der Waals surface area contributed by atoms with Crippen molar-refractivity contribution in [2.45, 2.75) is 105 Å². The third-order valence-electron chi connectivity index (χ3n) is 6.44. The molecule has 2 aromatic rings. The molecule has 2 aromatic carbocycles. The zero-order valence-electron chi connectivity index (χ0n) is 22.7. The molecular weight excluding hydrogens is 436 g/mol. The van der Waals surface area contributed by atoms with Crippen molar-refractivity contribution >= 4 is 5.97 Å². The van der Waals surface area contributed by atoms with Crippen molar-refractivity contribution in [2.75, 3.05) is 13.2 Å². The summed E-state index contributed by atoms with van der Waals surface area (Å²) >= 11 is 0. The summed E-state index contributed by atoms with van der Waals surface area (Å²) in [7, 11) is 0. The molecule has 0 bridgehead atoms. The number of esters is 1. The van der Waals surface area contributed by atoms with Gasteiger partial charge in [-0.1, -0.05) is 91.3 Å². The molecule has 0 heterocycles. The van der Waals surface area contributed by atoms with Gasteiger partial charge in [0.2, 0.25) is 0 Å². The van der Waals surface area contributed by atoms with Crippen molar-refractivity contribution < 1.29 is 19.0 Å². The summed E-state index contributed by atoms with van der Waals surface area (Å²) in [5, 5.41) is 0. The van der Waals surface area contributed by atoms with Gasteiger partial charge in [0, 0.05) is 5.56 Å². The van der Waals surface area contributed by atoms with Crippen LogP contribution >= 0.6 is 0 Å². The number of hydrogen-bond acceptors (Lipinski definition) is 4. The monoisotopic (exact) mass is 482 g/mol. The summed E-state index contributed by atoms with van der Waals surface area (Å²) in [4.78, 5) is 13.4. The predicted molar refractivity (Wildman–Crippen MR) is 145 cm³/mol. The first-order valence-corrected chi connectivity index (χ1v) is 13.8. The van der Waals surface area contributed by atoms with E-state index in [0.29, 0.717) is 36.0 Å². The molecule has 35 heavy (non-hydrogen) atoms. The fourth-order valence-corrected chi connectivity index (χ4v) is 4.36. The highest BCUT2D eigenvalue weighted by Gasteiger charge is 2.21. The van der Waals surface area contributed by atoms with Crippen LogP contribution in [0.4, 0.5) is 0 Å². The van der Waals surface area contributed by atoms with Crippen LogP contribution in [0.3, 0.4) is 0 Å². The van der Waals surface area contributed by atoms with Gasteiger partial charge in [0.05, 0.1) is 13.2 Å². The Bertz CT molecular complexity index is 903.